The van der Waals surface area contributed by atoms with Crippen LogP contribution in [-0.4, -0.2) is 29.6 Å². The maximum Gasteiger partial charge on any atom is 0.338 e. The number of rotatable bonds is 3. The maximum absolute atomic E-state index is 13.5. The second-order valence-corrected chi connectivity index (χ2v) is 4.62. The molecule has 0 radical (unpaired) electrons. The predicted molar refractivity (Wildman–Crippen MR) is 78.5 cm³/mol. The van der Waals surface area contributed by atoms with Gasteiger partial charge in [0, 0.05) is 11.8 Å². The summed E-state index contributed by atoms with van der Waals surface area (Å²) >= 11 is 0. The van der Waals surface area contributed by atoms with Gasteiger partial charge < -0.3 is 9.47 Å². The lowest BCUT2D eigenvalue weighted by Gasteiger charge is -2.08. The highest BCUT2D eigenvalue weighted by Crippen LogP contribution is 2.31. The van der Waals surface area contributed by atoms with Gasteiger partial charge in [-0.2, -0.15) is 0 Å². The number of hydrogen-bond acceptors (Lipinski definition) is 4. The van der Waals surface area contributed by atoms with Gasteiger partial charge in [0.25, 0.3) is 0 Å². The van der Waals surface area contributed by atoms with Crippen LogP contribution in [0.4, 0.5) is 4.39 Å². The molecule has 0 aliphatic heterocycles. The number of fused-ring (bicyclic) bond motifs is 1. The molecule has 0 atom stereocenters. The van der Waals surface area contributed by atoms with Gasteiger partial charge in [-0.3, -0.25) is 4.40 Å². The first-order chi connectivity index (χ1) is 10.6. The van der Waals surface area contributed by atoms with Gasteiger partial charge in [-0.15, -0.1) is 0 Å². The van der Waals surface area contributed by atoms with Gasteiger partial charge in [-0.1, -0.05) is 0 Å². The molecule has 1 aromatic carbocycles. The van der Waals surface area contributed by atoms with Crippen LogP contribution in [0, 0.1) is 5.82 Å². The molecule has 3 rings (SSSR count). The van der Waals surface area contributed by atoms with Crippen molar-refractivity contribution >= 4 is 11.6 Å². The van der Waals surface area contributed by atoms with Crippen molar-refractivity contribution in [2.24, 2.45) is 0 Å². The number of ether oxygens (including phenoxy) is 2. The van der Waals surface area contributed by atoms with E-state index < -0.39 is 5.97 Å². The molecular formula is C16H13FN2O3. The van der Waals surface area contributed by atoms with Crippen molar-refractivity contribution in [2.45, 2.75) is 0 Å². The van der Waals surface area contributed by atoms with E-state index in [-0.39, 0.29) is 5.82 Å². The number of halogens is 1. The number of nitrogens with zero attached hydrogens (tertiary/aromatic N) is 2. The standard InChI is InChI=1S/C16H13FN2O3/c1-21-14-4-3-11(17)8-12(14)13-9-18-15-7-10(16(20)22-2)5-6-19(13)15/h3-9H,1-2H3. The predicted octanol–water partition coefficient (Wildman–Crippen LogP) is 2.94. The van der Waals surface area contributed by atoms with Gasteiger partial charge in [0.2, 0.25) is 0 Å². The van der Waals surface area contributed by atoms with Gasteiger partial charge in [0.15, 0.2) is 0 Å². The zero-order valence-electron chi connectivity index (χ0n) is 12.0. The van der Waals surface area contributed by atoms with Gasteiger partial charge in [-0.05, 0) is 30.3 Å². The summed E-state index contributed by atoms with van der Waals surface area (Å²) < 4.78 is 25.3. The van der Waals surface area contributed by atoms with E-state index in [2.05, 4.69) is 9.72 Å². The first-order valence-electron chi connectivity index (χ1n) is 6.53. The van der Waals surface area contributed by atoms with E-state index in [1.165, 1.54) is 26.4 Å². The van der Waals surface area contributed by atoms with E-state index in [1.807, 2.05) is 0 Å². The molecule has 0 fully saturated rings. The highest BCUT2D eigenvalue weighted by atomic mass is 19.1. The number of imidazole rings is 1. The Bertz CT molecular complexity index is 858. The smallest absolute Gasteiger partial charge is 0.338 e. The molecule has 0 amide bonds. The number of benzene rings is 1. The number of aromatic nitrogens is 2. The minimum absolute atomic E-state index is 0.364. The third-order valence-corrected chi connectivity index (χ3v) is 3.37. The summed E-state index contributed by atoms with van der Waals surface area (Å²) in [5.74, 6) is -0.257. The third kappa shape index (κ3) is 2.28. The number of pyridine rings is 1. The van der Waals surface area contributed by atoms with Crippen LogP contribution in [0.5, 0.6) is 5.75 Å². The average Bonchev–Trinajstić information content (AvgIpc) is 2.96. The Morgan fingerprint density at radius 3 is 2.77 bits per heavy atom. The van der Waals surface area contributed by atoms with Gasteiger partial charge in [0.1, 0.15) is 17.2 Å². The summed E-state index contributed by atoms with van der Waals surface area (Å²) in [6.07, 6.45) is 3.29. The minimum Gasteiger partial charge on any atom is -0.496 e. The van der Waals surface area contributed by atoms with Crippen molar-refractivity contribution in [1.29, 1.82) is 0 Å². The number of carbonyl (C=O) groups excluding carboxylic acids is 1. The maximum atomic E-state index is 13.5. The molecule has 0 saturated carbocycles. The molecule has 3 aromatic rings. The lowest BCUT2D eigenvalue weighted by molar-refractivity contribution is 0.0600. The summed E-state index contributed by atoms with van der Waals surface area (Å²) in [4.78, 5) is 15.8. The van der Waals surface area contributed by atoms with Crippen LogP contribution in [0.2, 0.25) is 0 Å². The fourth-order valence-corrected chi connectivity index (χ4v) is 2.31. The zero-order valence-corrected chi connectivity index (χ0v) is 12.0. The van der Waals surface area contributed by atoms with Gasteiger partial charge in [-0.25, -0.2) is 14.2 Å². The van der Waals surface area contributed by atoms with E-state index in [0.29, 0.717) is 28.2 Å². The Hall–Kier alpha value is -2.89. The van der Waals surface area contributed by atoms with Crippen LogP contribution in [-0.2, 0) is 4.74 Å². The van der Waals surface area contributed by atoms with Crippen LogP contribution in [0.25, 0.3) is 16.9 Å². The Balaban J connectivity index is 2.17. The third-order valence-electron chi connectivity index (χ3n) is 3.37. The SMILES string of the molecule is COC(=O)c1ccn2c(-c3cc(F)ccc3OC)cnc2c1. The molecule has 6 heteroatoms. The molecule has 0 spiro atoms. The van der Waals surface area contributed by atoms with Crippen molar-refractivity contribution in [2.75, 3.05) is 14.2 Å². The summed E-state index contributed by atoms with van der Waals surface area (Å²) in [7, 11) is 2.84. The molecular weight excluding hydrogens is 287 g/mol. The van der Waals surface area contributed by atoms with E-state index in [1.54, 1.807) is 35.0 Å². The highest BCUT2D eigenvalue weighted by molar-refractivity contribution is 5.90. The van der Waals surface area contributed by atoms with Crippen LogP contribution >= 0.6 is 0 Å². The Morgan fingerprint density at radius 1 is 1.23 bits per heavy atom. The Morgan fingerprint density at radius 2 is 2.05 bits per heavy atom. The first kappa shape index (κ1) is 14.1. The van der Waals surface area contributed by atoms with Crippen LogP contribution < -0.4 is 4.74 Å². The summed E-state index contributed by atoms with van der Waals surface area (Å²) in [6, 6.07) is 7.52. The first-order valence-corrected chi connectivity index (χ1v) is 6.53. The van der Waals surface area contributed by atoms with Crippen molar-refractivity contribution in [3.05, 3.63) is 54.1 Å². The average molecular weight is 300 g/mol. The normalized spacial score (nSPS) is 10.7. The summed E-state index contributed by atoms with van der Waals surface area (Å²) in [6.45, 7) is 0. The second-order valence-electron chi connectivity index (χ2n) is 4.62. The van der Waals surface area contributed by atoms with Gasteiger partial charge in [0.05, 0.1) is 31.7 Å². The van der Waals surface area contributed by atoms with Crippen LogP contribution in [0.15, 0.2) is 42.7 Å². The number of carbonyl (C=O) groups is 1. The molecule has 0 saturated heterocycles. The number of esters is 1. The molecule has 0 N–H and O–H groups in total. The van der Waals surface area contributed by atoms with Crippen molar-refractivity contribution < 1.29 is 18.7 Å². The molecule has 22 heavy (non-hydrogen) atoms. The molecule has 112 valence electrons. The van der Waals surface area contributed by atoms with E-state index in [9.17, 15) is 9.18 Å². The molecule has 0 aliphatic rings. The summed E-state index contributed by atoms with van der Waals surface area (Å²) in [5.41, 5.74) is 2.21. The Kier molecular flexibility index (Phi) is 3.50. The molecule has 5 nitrogen and oxygen atoms in total. The van der Waals surface area contributed by atoms with Crippen molar-refractivity contribution in [3.63, 3.8) is 0 Å². The van der Waals surface area contributed by atoms with Crippen molar-refractivity contribution in [3.8, 4) is 17.0 Å². The second kappa shape index (κ2) is 5.48. The monoisotopic (exact) mass is 300 g/mol. The lowest BCUT2D eigenvalue weighted by Crippen LogP contribution is -2.02. The summed E-state index contributed by atoms with van der Waals surface area (Å²) in [5, 5.41) is 0. The van der Waals surface area contributed by atoms with Crippen LogP contribution in [0.3, 0.4) is 0 Å². The fourth-order valence-electron chi connectivity index (χ4n) is 2.31. The van der Waals surface area contributed by atoms with E-state index in [4.69, 9.17) is 4.74 Å². The van der Waals surface area contributed by atoms with Crippen LogP contribution in [0.1, 0.15) is 10.4 Å². The van der Waals surface area contributed by atoms with E-state index in [0.717, 1.165) is 0 Å². The van der Waals surface area contributed by atoms with E-state index >= 15 is 0 Å². The topological polar surface area (TPSA) is 52.8 Å². The molecule has 2 heterocycles. The quantitative estimate of drug-likeness (QED) is 0.698. The molecule has 0 aliphatic carbocycles. The van der Waals surface area contributed by atoms with Crippen molar-refractivity contribution in [1.82, 2.24) is 9.38 Å². The van der Waals surface area contributed by atoms with Gasteiger partial charge >= 0.3 is 5.97 Å². The molecule has 0 bridgehead atoms. The highest BCUT2D eigenvalue weighted by Gasteiger charge is 2.14. The number of methoxy groups -OCH3 is 2. The zero-order chi connectivity index (χ0) is 15.7. The fraction of sp³-hybridized carbons (Fsp3) is 0.125. The lowest BCUT2D eigenvalue weighted by atomic mass is 10.1. The largest absolute Gasteiger partial charge is 0.496 e. The Labute approximate surface area is 125 Å². The molecule has 0 unspecified atom stereocenters. The molecule has 2 aromatic heterocycles. The minimum atomic E-state index is -0.435. The number of hydrogen-bond donors (Lipinski definition) is 0.